The quantitative estimate of drug-likeness (QED) is 0.540. The van der Waals surface area contributed by atoms with Gasteiger partial charge in [0.25, 0.3) is 5.91 Å². The van der Waals surface area contributed by atoms with Gasteiger partial charge in [-0.2, -0.15) is 0 Å². The summed E-state index contributed by atoms with van der Waals surface area (Å²) in [5, 5.41) is 2.85. The number of carbonyl (C=O) groups is 1. The highest BCUT2D eigenvalue weighted by molar-refractivity contribution is 14.1. The van der Waals surface area contributed by atoms with Gasteiger partial charge in [0, 0.05) is 8.04 Å². The fraction of sp³-hybridized carbons (Fsp3) is 0.278. The molecule has 2 rings (SSSR count). The third-order valence-corrected chi connectivity index (χ3v) is 5.02. The summed E-state index contributed by atoms with van der Waals surface area (Å²) in [5.41, 5.74) is 2.07. The smallest absolute Gasteiger partial charge is 0.262 e. The number of anilines is 1. The minimum Gasteiger partial charge on any atom is -0.484 e. The van der Waals surface area contributed by atoms with Gasteiger partial charge in [-0.05, 0) is 70.8 Å². The van der Waals surface area contributed by atoms with Crippen molar-refractivity contribution in [3.05, 3.63) is 56.1 Å². The van der Waals surface area contributed by atoms with E-state index < -0.39 is 0 Å². The van der Waals surface area contributed by atoms with E-state index in [1.807, 2.05) is 30.3 Å². The van der Waals surface area contributed by atoms with Crippen molar-refractivity contribution in [1.29, 1.82) is 0 Å². The van der Waals surface area contributed by atoms with Gasteiger partial charge in [0.15, 0.2) is 6.61 Å². The first-order valence-electron chi connectivity index (χ1n) is 7.47. The van der Waals surface area contributed by atoms with Crippen LogP contribution in [0.3, 0.4) is 0 Å². The number of ether oxygens (including phenoxy) is 1. The number of amides is 1. The van der Waals surface area contributed by atoms with Crippen LogP contribution in [0.15, 0.2) is 46.9 Å². The zero-order valence-corrected chi connectivity index (χ0v) is 16.8. The summed E-state index contributed by atoms with van der Waals surface area (Å²) >= 11 is 5.59. The Morgan fingerprint density at radius 1 is 1.26 bits per heavy atom. The molecule has 0 spiro atoms. The van der Waals surface area contributed by atoms with E-state index in [1.165, 1.54) is 5.56 Å². The van der Waals surface area contributed by atoms with Crippen LogP contribution in [0.4, 0.5) is 5.69 Å². The summed E-state index contributed by atoms with van der Waals surface area (Å²) in [6, 6.07) is 13.6. The predicted octanol–water partition coefficient (Wildman–Crippen LogP) is 5.58. The molecule has 1 N–H and O–H groups in total. The van der Waals surface area contributed by atoms with Crippen molar-refractivity contribution in [2.75, 3.05) is 11.9 Å². The molecule has 1 amide bonds. The largest absolute Gasteiger partial charge is 0.484 e. The van der Waals surface area contributed by atoms with Gasteiger partial charge in [-0.1, -0.05) is 41.9 Å². The van der Waals surface area contributed by atoms with Crippen LogP contribution < -0.4 is 10.1 Å². The molecule has 0 radical (unpaired) electrons. The number of nitrogens with one attached hydrogen (secondary N) is 1. The lowest BCUT2D eigenvalue weighted by molar-refractivity contribution is -0.118. The lowest BCUT2D eigenvalue weighted by Gasteiger charge is -2.11. The fourth-order valence-electron chi connectivity index (χ4n) is 2.05. The maximum atomic E-state index is 12.0. The molecule has 2 aromatic carbocycles. The summed E-state index contributed by atoms with van der Waals surface area (Å²) < 4.78 is 7.51. The number of rotatable bonds is 6. The van der Waals surface area contributed by atoms with E-state index >= 15 is 0 Å². The Labute approximate surface area is 159 Å². The van der Waals surface area contributed by atoms with E-state index in [9.17, 15) is 4.79 Å². The topological polar surface area (TPSA) is 38.3 Å². The maximum absolute atomic E-state index is 12.0. The van der Waals surface area contributed by atoms with Gasteiger partial charge in [-0.3, -0.25) is 4.79 Å². The third kappa shape index (κ3) is 5.49. The average molecular weight is 488 g/mol. The minimum atomic E-state index is -0.170. The van der Waals surface area contributed by atoms with Crippen LogP contribution in [-0.2, 0) is 4.79 Å². The van der Waals surface area contributed by atoms with Crippen LogP contribution in [-0.4, -0.2) is 12.5 Å². The molecule has 0 heterocycles. The van der Waals surface area contributed by atoms with Gasteiger partial charge in [0.2, 0.25) is 0 Å². The standard InChI is InChI=1S/C18H19BrINO2/c1-3-12(2)13-4-7-15(8-5-13)23-11-18(22)21-17-9-6-14(19)10-16(17)20/h4-10,12H,3,11H2,1-2H3,(H,21,22)/t12-/m1/s1. The molecule has 0 unspecified atom stereocenters. The Morgan fingerprint density at radius 3 is 2.57 bits per heavy atom. The normalized spacial score (nSPS) is 11.8. The molecule has 3 nitrogen and oxygen atoms in total. The molecule has 0 bridgehead atoms. The van der Waals surface area contributed by atoms with Crippen molar-refractivity contribution in [2.24, 2.45) is 0 Å². The van der Waals surface area contributed by atoms with Gasteiger partial charge >= 0.3 is 0 Å². The monoisotopic (exact) mass is 487 g/mol. The number of hydrogen-bond donors (Lipinski definition) is 1. The Kier molecular flexibility index (Phi) is 6.89. The zero-order valence-electron chi connectivity index (χ0n) is 13.1. The van der Waals surface area contributed by atoms with Crippen molar-refractivity contribution in [3.8, 4) is 5.75 Å². The summed E-state index contributed by atoms with van der Waals surface area (Å²) in [6.45, 7) is 4.36. The number of halogens is 2. The zero-order chi connectivity index (χ0) is 16.8. The number of benzene rings is 2. The van der Waals surface area contributed by atoms with Crippen LogP contribution in [0.1, 0.15) is 31.7 Å². The molecule has 2 aromatic rings. The lowest BCUT2D eigenvalue weighted by Crippen LogP contribution is -2.20. The second-order valence-electron chi connectivity index (χ2n) is 5.34. The van der Waals surface area contributed by atoms with Crippen LogP contribution in [0, 0.1) is 3.57 Å². The van der Waals surface area contributed by atoms with Crippen LogP contribution >= 0.6 is 38.5 Å². The van der Waals surface area contributed by atoms with Crippen LogP contribution in [0.25, 0.3) is 0 Å². The average Bonchev–Trinajstić information content (AvgIpc) is 2.55. The Balaban J connectivity index is 1.89. The van der Waals surface area contributed by atoms with Crippen LogP contribution in [0.2, 0.25) is 0 Å². The van der Waals surface area contributed by atoms with Crippen molar-refractivity contribution in [3.63, 3.8) is 0 Å². The van der Waals surface area contributed by atoms with Gasteiger partial charge in [-0.15, -0.1) is 0 Å². The molecule has 0 saturated heterocycles. The highest BCUT2D eigenvalue weighted by Gasteiger charge is 2.08. The fourth-order valence-corrected chi connectivity index (χ4v) is 3.49. The summed E-state index contributed by atoms with van der Waals surface area (Å²) in [7, 11) is 0. The molecule has 5 heteroatoms. The van der Waals surface area contributed by atoms with E-state index in [0.717, 1.165) is 20.2 Å². The Bertz CT molecular complexity index is 673. The van der Waals surface area contributed by atoms with E-state index in [0.29, 0.717) is 11.7 Å². The lowest BCUT2D eigenvalue weighted by atomic mass is 9.99. The van der Waals surface area contributed by atoms with Crippen molar-refractivity contribution < 1.29 is 9.53 Å². The highest BCUT2D eigenvalue weighted by Crippen LogP contribution is 2.23. The third-order valence-electron chi connectivity index (χ3n) is 3.64. The predicted molar refractivity (Wildman–Crippen MR) is 106 cm³/mol. The first-order chi connectivity index (χ1) is 11.0. The molecule has 0 aliphatic carbocycles. The molecule has 0 aliphatic rings. The molecule has 23 heavy (non-hydrogen) atoms. The first kappa shape index (κ1) is 18.3. The SMILES string of the molecule is CC[C@@H](C)c1ccc(OCC(=O)Nc2ccc(Br)cc2I)cc1. The van der Waals surface area contributed by atoms with Crippen molar-refractivity contribution in [2.45, 2.75) is 26.2 Å². The molecule has 0 aromatic heterocycles. The Morgan fingerprint density at radius 2 is 1.96 bits per heavy atom. The van der Waals surface area contributed by atoms with E-state index in [1.54, 1.807) is 0 Å². The number of carbonyl (C=O) groups excluding carboxylic acids is 1. The summed E-state index contributed by atoms with van der Waals surface area (Å²) in [4.78, 5) is 12.0. The van der Waals surface area contributed by atoms with E-state index in [4.69, 9.17) is 4.74 Å². The molecular weight excluding hydrogens is 469 g/mol. The molecule has 0 fully saturated rings. The second kappa shape index (κ2) is 8.68. The minimum absolute atomic E-state index is 0.00514. The molecule has 1 atom stereocenters. The second-order valence-corrected chi connectivity index (χ2v) is 7.42. The van der Waals surface area contributed by atoms with E-state index in [2.05, 4.69) is 69.8 Å². The van der Waals surface area contributed by atoms with Crippen molar-refractivity contribution >= 4 is 50.1 Å². The van der Waals surface area contributed by atoms with Gasteiger partial charge in [0.05, 0.1) is 5.69 Å². The maximum Gasteiger partial charge on any atom is 0.262 e. The summed E-state index contributed by atoms with van der Waals surface area (Å²) in [5.74, 6) is 1.07. The highest BCUT2D eigenvalue weighted by atomic mass is 127. The molecule has 0 aliphatic heterocycles. The van der Waals surface area contributed by atoms with Gasteiger partial charge < -0.3 is 10.1 Å². The first-order valence-corrected chi connectivity index (χ1v) is 9.34. The van der Waals surface area contributed by atoms with Gasteiger partial charge in [-0.25, -0.2) is 0 Å². The molecular formula is C18H19BrINO2. The summed E-state index contributed by atoms with van der Waals surface area (Å²) in [6.07, 6.45) is 1.11. The van der Waals surface area contributed by atoms with E-state index in [-0.39, 0.29) is 12.5 Å². The van der Waals surface area contributed by atoms with Crippen molar-refractivity contribution in [1.82, 2.24) is 0 Å². The Hall–Kier alpha value is -1.08. The molecule has 0 saturated carbocycles. The molecule has 122 valence electrons. The van der Waals surface area contributed by atoms with Crippen LogP contribution in [0.5, 0.6) is 5.75 Å². The number of hydrogen-bond acceptors (Lipinski definition) is 2. The van der Waals surface area contributed by atoms with Gasteiger partial charge in [0.1, 0.15) is 5.75 Å².